The van der Waals surface area contributed by atoms with Gasteiger partial charge in [-0.25, -0.2) is 0 Å². The summed E-state index contributed by atoms with van der Waals surface area (Å²) in [6.45, 7) is 4.84. The first-order valence-electron chi connectivity index (χ1n) is 8.09. The van der Waals surface area contributed by atoms with E-state index >= 15 is 0 Å². The van der Waals surface area contributed by atoms with Crippen LogP contribution in [-0.4, -0.2) is 30.5 Å². The van der Waals surface area contributed by atoms with Crippen LogP contribution in [0.25, 0.3) is 0 Å². The first kappa shape index (κ1) is 19.6. The zero-order chi connectivity index (χ0) is 18.4. The second-order valence-corrected chi connectivity index (χ2v) is 6.59. The molecule has 0 spiro atoms. The Morgan fingerprint density at radius 2 is 1.96 bits per heavy atom. The van der Waals surface area contributed by atoms with Gasteiger partial charge in [0.1, 0.15) is 5.75 Å². The fraction of sp³-hybridized carbons (Fsp3) is 0.316. The lowest BCUT2D eigenvalue weighted by Crippen LogP contribution is -2.39. The molecule has 1 unspecified atom stereocenters. The number of ether oxygens (including phenoxy) is 1. The molecule has 6 heteroatoms. The third-order valence-corrected chi connectivity index (χ3v) is 4.51. The van der Waals surface area contributed by atoms with E-state index in [0.717, 1.165) is 5.56 Å². The minimum atomic E-state index is -0.346. The van der Waals surface area contributed by atoms with Crippen molar-refractivity contribution in [1.29, 1.82) is 0 Å². The molecule has 0 aliphatic heterocycles. The van der Waals surface area contributed by atoms with E-state index in [1.54, 1.807) is 12.1 Å². The third kappa shape index (κ3) is 5.36. The van der Waals surface area contributed by atoms with Gasteiger partial charge < -0.3 is 10.1 Å². The van der Waals surface area contributed by atoms with Gasteiger partial charge in [-0.05, 0) is 50.7 Å². The fourth-order valence-electron chi connectivity index (χ4n) is 2.34. The first-order chi connectivity index (χ1) is 11.9. The molecule has 1 atom stereocenters. The number of benzene rings is 2. The summed E-state index contributed by atoms with van der Waals surface area (Å²) < 4.78 is 5.54. The van der Waals surface area contributed by atoms with Crippen molar-refractivity contribution in [3.8, 4) is 5.75 Å². The number of nitrogens with one attached hydrogen (secondary N) is 1. The van der Waals surface area contributed by atoms with Crippen molar-refractivity contribution in [2.75, 3.05) is 19.0 Å². The van der Waals surface area contributed by atoms with Crippen LogP contribution in [0.2, 0.25) is 10.0 Å². The molecule has 0 saturated heterocycles. The number of hydrogen-bond acceptors (Lipinski definition) is 3. The van der Waals surface area contributed by atoms with Gasteiger partial charge in [0.25, 0.3) is 0 Å². The predicted octanol–water partition coefficient (Wildman–Crippen LogP) is 4.85. The molecule has 4 nitrogen and oxygen atoms in total. The van der Waals surface area contributed by atoms with Gasteiger partial charge in [0.15, 0.2) is 0 Å². The summed E-state index contributed by atoms with van der Waals surface area (Å²) in [5.74, 6) is 0.550. The van der Waals surface area contributed by atoms with Gasteiger partial charge in [0, 0.05) is 16.6 Å². The maximum Gasteiger partial charge on any atom is 0.241 e. The van der Waals surface area contributed by atoms with E-state index in [-0.39, 0.29) is 11.9 Å². The van der Waals surface area contributed by atoms with Gasteiger partial charge >= 0.3 is 0 Å². The normalized spacial score (nSPS) is 12.1. The van der Waals surface area contributed by atoms with E-state index in [2.05, 4.69) is 5.32 Å². The molecular weight excluding hydrogens is 359 g/mol. The van der Waals surface area contributed by atoms with Gasteiger partial charge in [-0.2, -0.15) is 0 Å². The van der Waals surface area contributed by atoms with Crippen LogP contribution in [0.15, 0.2) is 42.5 Å². The summed E-state index contributed by atoms with van der Waals surface area (Å²) in [6.07, 6.45) is 0. The topological polar surface area (TPSA) is 41.6 Å². The third-order valence-electron chi connectivity index (χ3n) is 3.92. The minimum Gasteiger partial charge on any atom is -0.492 e. The molecule has 0 bridgehead atoms. The lowest BCUT2D eigenvalue weighted by Gasteiger charge is -2.24. The molecule has 25 heavy (non-hydrogen) atoms. The van der Waals surface area contributed by atoms with Crippen LogP contribution < -0.4 is 10.1 Å². The lowest BCUT2D eigenvalue weighted by atomic mass is 10.2. The van der Waals surface area contributed by atoms with Gasteiger partial charge in [0.2, 0.25) is 5.91 Å². The van der Waals surface area contributed by atoms with Crippen LogP contribution in [0, 0.1) is 0 Å². The Bertz CT molecular complexity index is 737. The van der Waals surface area contributed by atoms with E-state index in [0.29, 0.717) is 34.6 Å². The van der Waals surface area contributed by atoms with Crippen molar-refractivity contribution in [2.45, 2.75) is 26.4 Å². The van der Waals surface area contributed by atoms with Gasteiger partial charge in [-0.15, -0.1) is 0 Å². The Labute approximate surface area is 158 Å². The van der Waals surface area contributed by atoms with E-state index in [9.17, 15) is 4.79 Å². The highest BCUT2D eigenvalue weighted by Gasteiger charge is 2.20. The Kier molecular flexibility index (Phi) is 7.12. The number of halogens is 2. The van der Waals surface area contributed by atoms with Crippen molar-refractivity contribution in [3.63, 3.8) is 0 Å². The quantitative estimate of drug-likeness (QED) is 0.746. The molecule has 1 N–H and O–H groups in total. The number of carbonyl (C=O) groups excluding carboxylic acids is 1. The largest absolute Gasteiger partial charge is 0.492 e. The summed E-state index contributed by atoms with van der Waals surface area (Å²) in [5.41, 5.74) is 1.59. The number of para-hydroxylation sites is 2. The van der Waals surface area contributed by atoms with Crippen molar-refractivity contribution in [2.24, 2.45) is 0 Å². The van der Waals surface area contributed by atoms with Crippen LogP contribution in [0.1, 0.15) is 19.4 Å². The second-order valence-electron chi connectivity index (χ2n) is 5.75. The van der Waals surface area contributed by atoms with Crippen LogP contribution in [-0.2, 0) is 11.3 Å². The van der Waals surface area contributed by atoms with E-state index in [1.165, 1.54) is 0 Å². The predicted molar refractivity (Wildman–Crippen MR) is 104 cm³/mol. The Balaban J connectivity index is 2.04. The molecule has 2 aromatic rings. The monoisotopic (exact) mass is 380 g/mol. The van der Waals surface area contributed by atoms with Crippen molar-refractivity contribution >= 4 is 34.8 Å². The number of amides is 1. The smallest absolute Gasteiger partial charge is 0.241 e. The average Bonchev–Trinajstić information content (AvgIpc) is 2.58. The van der Waals surface area contributed by atoms with Crippen LogP contribution in [0.5, 0.6) is 5.75 Å². The molecule has 0 fully saturated rings. The molecule has 0 saturated carbocycles. The molecule has 0 heterocycles. The maximum absolute atomic E-state index is 12.6. The molecular formula is C19H22Cl2N2O2. The van der Waals surface area contributed by atoms with Gasteiger partial charge in [-0.3, -0.25) is 9.69 Å². The summed E-state index contributed by atoms with van der Waals surface area (Å²) >= 11 is 12.1. The fourth-order valence-corrected chi connectivity index (χ4v) is 2.81. The van der Waals surface area contributed by atoms with Crippen molar-refractivity contribution < 1.29 is 9.53 Å². The molecule has 0 aliphatic carbocycles. The molecule has 0 aliphatic rings. The standard InChI is InChI=1S/C19H22Cl2N2O2/c1-4-25-18-8-6-5-7-17(18)22-19(24)13(2)23(3)12-14-9-10-15(20)11-16(14)21/h5-11,13H,4,12H2,1-3H3,(H,22,24). The minimum absolute atomic E-state index is 0.111. The summed E-state index contributed by atoms with van der Waals surface area (Å²) in [6, 6.07) is 12.4. The number of hydrogen-bond donors (Lipinski definition) is 1. The molecule has 134 valence electrons. The van der Waals surface area contributed by atoms with Crippen LogP contribution in [0.3, 0.4) is 0 Å². The molecule has 1 amide bonds. The molecule has 2 rings (SSSR count). The summed E-state index contributed by atoms with van der Waals surface area (Å²) in [4.78, 5) is 14.5. The number of likely N-dealkylation sites (N-methyl/N-ethyl adjacent to an activating group) is 1. The number of rotatable bonds is 7. The number of anilines is 1. The molecule has 0 aromatic heterocycles. The molecule has 2 aromatic carbocycles. The van der Waals surface area contributed by atoms with Crippen LogP contribution in [0.4, 0.5) is 5.69 Å². The summed E-state index contributed by atoms with van der Waals surface area (Å²) in [7, 11) is 1.88. The molecule has 0 radical (unpaired) electrons. The maximum atomic E-state index is 12.6. The zero-order valence-corrected chi connectivity index (χ0v) is 16.1. The Hall–Kier alpha value is -1.75. The number of nitrogens with zero attached hydrogens (tertiary/aromatic N) is 1. The van der Waals surface area contributed by atoms with Crippen molar-refractivity contribution in [1.82, 2.24) is 4.90 Å². The Morgan fingerprint density at radius 3 is 2.64 bits per heavy atom. The van der Waals surface area contributed by atoms with Gasteiger partial charge in [-0.1, -0.05) is 41.4 Å². The second kappa shape index (κ2) is 9.09. The van der Waals surface area contributed by atoms with E-state index in [4.69, 9.17) is 27.9 Å². The summed E-state index contributed by atoms with van der Waals surface area (Å²) in [5, 5.41) is 4.11. The highest BCUT2D eigenvalue weighted by Crippen LogP contribution is 2.25. The highest BCUT2D eigenvalue weighted by atomic mass is 35.5. The average molecular weight is 381 g/mol. The van der Waals surface area contributed by atoms with Crippen LogP contribution >= 0.6 is 23.2 Å². The lowest BCUT2D eigenvalue weighted by molar-refractivity contribution is -0.120. The Morgan fingerprint density at radius 1 is 1.24 bits per heavy atom. The highest BCUT2D eigenvalue weighted by molar-refractivity contribution is 6.35. The van der Waals surface area contributed by atoms with E-state index in [1.807, 2.05) is 56.1 Å². The number of carbonyl (C=O) groups is 1. The first-order valence-corrected chi connectivity index (χ1v) is 8.84. The zero-order valence-electron chi connectivity index (χ0n) is 14.6. The van der Waals surface area contributed by atoms with Gasteiger partial charge in [0.05, 0.1) is 18.3 Å². The van der Waals surface area contributed by atoms with Crippen molar-refractivity contribution in [3.05, 3.63) is 58.1 Å². The van der Waals surface area contributed by atoms with E-state index < -0.39 is 0 Å². The SMILES string of the molecule is CCOc1ccccc1NC(=O)C(C)N(C)Cc1ccc(Cl)cc1Cl.